The number of aromatic nitrogens is 1. The molecule has 1 heterocycles. The molecule has 1 atom stereocenters. The topological polar surface area (TPSA) is 59.5 Å². The van der Waals surface area contributed by atoms with Gasteiger partial charge in [-0.1, -0.05) is 19.1 Å². The van der Waals surface area contributed by atoms with Gasteiger partial charge in [0.05, 0.1) is 30.7 Å². The van der Waals surface area contributed by atoms with Crippen LogP contribution in [-0.2, 0) is 26.9 Å². The molecular weight excluding hydrogens is 393 g/mol. The van der Waals surface area contributed by atoms with Crippen LogP contribution in [0.15, 0.2) is 29.6 Å². The molecule has 2 aromatic rings. The zero-order chi connectivity index (χ0) is 20.9. The minimum absolute atomic E-state index is 0.0544. The third-order valence-corrected chi connectivity index (χ3v) is 5.12. The number of benzene rings is 1. The number of esters is 1. The highest BCUT2D eigenvalue weighted by Gasteiger charge is 2.30. The Balaban J connectivity index is 2.05. The Bertz CT molecular complexity index is 819. The van der Waals surface area contributed by atoms with E-state index in [0.29, 0.717) is 22.8 Å². The number of carbonyl (C=O) groups is 2. The van der Waals surface area contributed by atoms with Gasteiger partial charge in [0, 0.05) is 24.0 Å². The van der Waals surface area contributed by atoms with E-state index in [-0.39, 0.29) is 24.8 Å². The van der Waals surface area contributed by atoms with Crippen molar-refractivity contribution in [3.63, 3.8) is 0 Å². The Morgan fingerprint density at radius 1 is 1.25 bits per heavy atom. The van der Waals surface area contributed by atoms with Crippen LogP contribution in [0.4, 0.5) is 13.2 Å². The minimum Gasteiger partial charge on any atom is -0.469 e. The monoisotopic (exact) mass is 414 g/mol. The summed E-state index contributed by atoms with van der Waals surface area (Å²) in [6, 6.07) is 4.75. The first-order chi connectivity index (χ1) is 13.2. The number of ether oxygens (including phenoxy) is 1. The molecule has 0 radical (unpaired) electrons. The second-order valence-corrected chi connectivity index (χ2v) is 7.11. The smallest absolute Gasteiger partial charge is 0.416 e. The molecule has 152 valence electrons. The fraction of sp³-hybridized carbons (Fsp3) is 0.421. The first kappa shape index (κ1) is 21.9. The number of halogens is 3. The molecule has 1 unspecified atom stereocenters. The standard InChI is InChI=1S/C19H21F3N2O3S/c1-4-24(10-12(2)18(26)27-3)16(25)9-15-11-28-17(23-15)13-5-7-14(8-6-13)19(20,21)22/h5-8,11-12H,4,9-10H2,1-3H3. The highest BCUT2D eigenvalue weighted by atomic mass is 32.1. The number of nitrogens with zero attached hydrogens (tertiary/aromatic N) is 2. The van der Waals surface area contributed by atoms with E-state index >= 15 is 0 Å². The largest absolute Gasteiger partial charge is 0.469 e. The molecule has 0 fully saturated rings. The van der Waals surface area contributed by atoms with Crippen molar-refractivity contribution in [1.29, 1.82) is 0 Å². The Hall–Kier alpha value is -2.42. The zero-order valence-corrected chi connectivity index (χ0v) is 16.6. The van der Waals surface area contributed by atoms with Gasteiger partial charge in [-0.2, -0.15) is 13.2 Å². The number of methoxy groups -OCH3 is 1. The van der Waals surface area contributed by atoms with Crippen LogP contribution in [0.2, 0.25) is 0 Å². The average molecular weight is 414 g/mol. The van der Waals surface area contributed by atoms with E-state index in [1.165, 1.54) is 30.6 Å². The summed E-state index contributed by atoms with van der Waals surface area (Å²) in [5, 5.41) is 2.25. The second-order valence-electron chi connectivity index (χ2n) is 6.25. The van der Waals surface area contributed by atoms with Crippen molar-refractivity contribution in [3.05, 3.63) is 40.9 Å². The molecule has 5 nitrogen and oxygen atoms in total. The fourth-order valence-electron chi connectivity index (χ4n) is 2.60. The number of amides is 1. The van der Waals surface area contributed by atoms with Crippen molar-refractivity contribution >= 4 is 23.2 Å². The molecule has 0 saturated heterocycles. The van der Waals surface area contributed by atoms with Crippen molar-refractivity contribution in [1.82, 2.24) is 9.88 Å². The van der Waals surface area contributed by atoms with E-state index in [1.54, 1.807) is 17.2 Å². The number of thiazole rings is 1. The first-order valence-electron chi connectivity index (χ1n) is 8.63. The van der Waals surface area contributed by atoms with Gasteiger partial charge in [0.1, 0.15) is 5.01 Å². The van der Waals surface area contributed by atoms with E-state index in [4.69, 9.17) is 0 Å². The van der Waals surface area contributed by atoms with Gasteiger partial charge in [-0.3, -0.25) is 9.59 Å². The summed E-state index contributed by atoms with van der Waals surface area (Å²) in [6.07, 6.45) is -4.33. The summed E-state index contributed by atoms with van der Waals surface area (Å²) in [7, 11) is 1.30. The lowest BCUT2D eigenvalue weighted by molar-refractivity contribution is -0.146. The lowest BCUT2D eigenvalue weighted by Crippen LogP contribution is -2.38. The molecule has 0 aliphatic rings. The molecule has 9 heteroatoms. The van der Waals surface area contributed by atoms with Crippen molar-refractivity contribution in [2.24, 2.45) is 5.92 Å². The molecule has 1 aromatic heterocycles. The van der Waals surface area contributed by atoms with Gasteiger partial charge in [-0.25, -0.2) is 4.98 Å². The van der Waals surface area contributed by atoms with Crippen molar-refractivity contribution in [3.8, 4) is 10.6 Å². The van der Waals surface area contributed by atoms with Crippen molar-refractivity contribution < 1.29 is 27.5 Å². The minimum atomic E-state index is -4.38. The quantitative estimate of drug-likeness (QED) is 0.642. The van der Waals surface area contributed by atoms with E-state index in [0.717, 1.165) is 12.1 Å². The predicted molar refractivity (Wildman–Crippen MR) is 99.7 cm³/mol. The van der Waals surface area contributed by atoms with Crippen LogP contribution in [0, 0.1) is 5.92 Å². The Labute approximate surface area is 165 Å². The van der Waals surface area contributed by atoms with E-state index in [2.05, 4.69) is 9.72 Å². The van der Waals surface area contributed by atoms with E-state index < -0.39 is 17.7 Å². The van der Waals surface area contributed by atoms with Gasteiger partial charge in [-0.15, -0.1) is 11.3 Å². The number of hydrogen-bond donors (Lipinski definition) is 0. The lowest BCUT2D eigenvalue weighted by Gasteiger charge is -2.23. The molecule has 0 N–H and O–H groups in total. The molecule has 1 amide bonds. The summed E-state index contributed by atoms with van der Waals surface area (Å²) >= 11 is 1.26. The van der Waals surface area contributed by atoms with Crippen LogP contribution in [0.5, 0.6) is 0 Å². The number of rotatable bonds is 7. The fourth-order valence-corrected chi connectivity index (χ4v) is 3.43. The van der Waals surface area contributed by atoms with Gasteiger partial charge in [0.15, 0.2) is 0 Å². The summed E-state index contributed by atoms with van der Waals surface area (Å²) < 4.78 is 42.7. The summed E-state index contributed by atoms with van der Waals surface area (Å²) in [5.41, 5.74) is 0.374. The number of carbonyl (C=O) groups excluding carboxylic acids is 2. The molecule has 2 rings (SSSR count). The maximum Gasteiger partial charge on any atom is 0.416 e. The molecule has 0 spiro atoms. The molecule has 0 bridgehead atoms. The third-order valence-electron chi connectivity index (χ3n) is 4.18. The van der Waals surface area contributed by atoms with Crippen molar-refractivity contribution in [2.45, 2.75) is 26.4 Å². The third kappa shape index (κ3) is 5.54. The Morgan fingerprint density at radius 2 is 1.89 bits per heavy atom. The van der Waals surface area contributed by atoms with Crippen LogP contribution < -0.4 is 0 Å². The van der Waals surface area contributed by atoms with Gasteiger partial charge < -0.3 is 9.64 Å². The highest BCUT2D eigenvalue weighted by Crippen LogP contribution is 2.31. The summed E-state index contributed by atoms with van der Waals surface area (Å²) in [5.74, 6) is -1.00. The van der Waals surface area contributed by atoms with E-state index in [9.17, 15) is 22.8 Å². The maximum absolute atomic E-state index is 12.7. The molecule has 0 aliphatic heterocycles. The highest BCUT2D eigenvalue weighted by molar-refractivity contribution is 7.13. The number of likely N-dealkylation sites (N-methyl/N-ethyl adjacent to an activating group) is 1. The van der Waals surface area contributed by atoms with Gasteiger partial charge in [0.2, 0.25) is 5.91 Å². The van der Waals surface area contributed by atoms with Crippen LogP contribution in [0.3, 0.4) is 0 Å². The normalized spacial score (nSPS) is 12.5. The SMILES string of the molecule is CCN(CC(C)C(=O)OC)C(=O)Cc1csc(-c2ccc(C(F)(F)F)cc2)n1. The van der Waals surface area contributed by atoms with Crippen LogP contribution >= 0.6 is 11.3 Å². The van der Waals surface area contributed by atoms with E-state index in [1.807, 2.05) is 6.92 Å². The first-order valence-corrected chi connectivity index (χ1v) is 9.51. The maximum atomic E-state index is 12.7. The Kier molecular flexibility index (Phi) is 7.17. The molecule has 0 saturated carbocycles. The van der Waals surface area contributed by atoms with Gasteiger partial charge in [0.25, 0.3) is 0 Å². The Morgan fingerprint density at radius 3 is 2.43 bits per heavy atom. The summed E-state index contributed by atoms with van der Waals surface area (Å²) in [6.45, 7) is 4.19. The predicted octanol–water partition coefficient (Wildman–Crippen LogP) is 4.03. The van der Waals surface area contributed by atoms with Gasteiger partial charge in [-0.05, 0) is 19.1 Å². The van der Waals surface area contributed by atoms with Crippen molar-refractivity contribution in [2.75, 3.05) is 20.2 Å². The second kappa shape index (κ2) is 9.18. The number of alkyl halides is 3. The lowest BCUT2D eigenvalue weighted by atomic mass is 10.1. The summed E-state index contributed by atoms with van der Waals surface area (Å²) in [4.78, 5) is 30.0. The average Bonchev–Trinajstić information content (AvgIpc) is 3.12. The molecule has 1 aromatic carbocycles. The molecule has 0 aliphatic carbocycles. The van der Waals surface area contributed by atoms with Crippen LogP contribution in [0.25, 0.3) is 10.6 Å². The molecule has 28 heavy (non-hydrogen) atoms. The van der Waals surface area contributed by atoms with Crippen LogP contribution in [-0.4, -0.2) is 42.0 Å². The zero-order valence-electron chi connectivity index (χ0n) is 15.7. The molecular formula is C19H21F3N2O3S. The number of hydrogen-bond acceptors (Lipinski definition) is 5. The van der Waals surface area contributed by atoms with Crippen LogP contribution in [0.1, 0.15) is 25.1 Å². The van der Waals surface area contributed by atoms with Gasteiger partial charge >= 0.3 is 12.1 Å².